The van der Waals surface area contributed by atoms with Gasteiger partial charge in [-0.1, -0.05) is 18.2 Å². The van der Waals surface area contributed by atoms with Crippen LogP contribution in [-0.2, 0) is 20.6 Å². The maximum absolute atomic E-state index is 14.8. The molecule has 0 aliphatic heterocycles. The number of aryl methyl sites for hydroxylation is 4. The van der Waals surface area contributed by atoms with Crippen LogP contribution in [0.5, 0.6) is 0 Å². The first kappa shape index (κ1) is 29.0. The third kappa shape index (κ3) is 5.22. The molecule has 0 saturated heterocycles. The second kappa shape index (κ2) is 11.2. The zero-order valence-electron chi connectivity index (χ0n) is 24.7. The van der Waals surface area contributed by atoms with Gasteiger partial charge in [0.15, 0.2) is 11.5 Å². The fourth-order valence-corrected chi connectivity index (χ4v) is 5.26. The molecule has 0 saturated carbocycles. The highest BCUT2D eigenvalue weighted by molar-refractivity contribution is 6.11. The normalized spacial score (nSPS) is 11.2. The summed E-state index contributed by atoms with van der Waals surface area (Å²) in [5.74, 6) is -1.41. The minimum atomic E-state index is -1.00. The molecule has 228 valence electrons. The molecule has 0 bridgehead atoms. The number of pyridine rings is 1. The van der Waals surface area contributed by atoms with E-state index >= 15 is 0 Å². The largest absolute Gasteiger partial charge is 0.381 e. The van der Waals surface area contributed by atoms with Gasteiger partial charge in [-0.15, -0.1) is 0 Å². The average Bonchev–Trinajstić information content (AvgIpc) is 3.64. The zero-order valence-corrected chi connectivity index (χ0v) is 24.7. The highest BCUT2D eigenvalue weighted by atomic mass is 19.1. The summed E-state index contributed by atoms with van der Waals surface area (Å²) < 4.78 is 25.7. The number of rotatable bonds is 7. The van der Waals surface area contributed by atoms with E-state index in [2.05, 4.69) is 20.7 Å². The molecule has 0 spiro atoms. The molecular formula is C31H27FN8O5. The highest BCUT2D eigenvalue weighted by Gasteiger charge is 2.24. The van der Waals surface area contributed by atoms with E-state index < -0.39 is 23.3 Å². The molecule has 0 unspecified atom stereocenters. The van der Waals surface area contributed by atoms with E-state index in [1.807, 2.05) is 0 Å². The summed E-state index contributed by atoms with van der Waals surface area (Å²) in [5.41, 5.74) is 0.911. The summed E-state index contributed by atoms with van der Waals surface area (Å²) in [4.78, 5) is 56.3. The minimum absolute atomic E-state index is 0.0402. The number of carbonyl (C=O) groups excluding carboxylic acids is 2. The van der Waals surface area contributed by atoms with Crippen LogP contribution in [-0.4, -0.2) is 40.7 Å². The van der Waals surface area contributed by atoms with Crippen molar-refractivity contribution in [1.82, 2.24) is 28.9 Å². The fraction of sp³-hybridized carbons (Fsp3) is 0.161. The second-order valence-corrected chi connectivity index (χ2v) is 10.3. The van der Waals surface area contributed by atoms with Crippen molar-refractivity contribution in [2.75, 3.05) is 10.6 Å². The molecule has 2 N–H and O–H groups in total. The van der Waals surface area contributed by atoms with E-state index in [1.54, 1.807) is 80.3 Å². The summed E-state index contributed by atoms with van der Waals surface area (Å²) in [6.07, 6.45) is 1.68. The van der Waals surface area contributed by atoms with Gasteiger partial charge >= 0.3 is 0 Å². The number of hydrogen-bond acceptors (Lipinski definition) is 7. The number of fused-ring (bicyclic) bond motifs is 1. The average molecular weight is 611 g/mol. The number of hydrogen-bond donors (Lipinski definition) is 2. The summed E-state index contributed by atoms with van der Waals surface area (Å²) in [6, 6.07) is 15.5. The Hall–Kier alpha value is -6.05. The van der Waals surface area contributed by atoms with Gasteiger partial charge in [-0.2, -0.15) is 14.2 Å². The topological polar surface area (TPSA) is 151 Å². The van der Waals surface area contributed by atoms with Gasteiger partial charge in [0.2, 0.25) is 5.95 Å². The van der Waals surface area contributed by atoms with Crippen LogP contribution in [0.1, 0.15) is 33.5 Å². The maximum Gasteiger partial charge on any atom is 0.290 e. The van der Waals surface area contributed by atoms with E-state index in [9.17, 15) is 23.6 Å². The molecule has 45 heavy (non-hydrogen) atoms. The van der Waals surface area contributed by atoms with E-state index in [-0.39, 0.29) is 40.0 Å². The first-order valence-corrected chi connectivity index (χ1v) is 13.9. The van der Waals surface area contributed by atoms with Gasteiger partial charge in [-0.25, -0.2) is 9.67 Å². The zero-order chi connectivity index (χ0) is 32.0. The van der Waals surface area contributed by atoms with Crippen LogP contribution in [0.15, 0.2) is 81.0 Å². The number of nitrogens with one attached hydrogen (secondary N) is 2. The van der Waals surface area contributed by atoms with Gasteiger partial charge in [-0.3, -0.25) is 28.5 Å². The van der Waals surface area contributed by atoms with Crippen molar-refractivity contribution in [2.24, 2.45) is 14.1 Å². The van der Waals surface area contributed by atoms with Crippen LogP contribution in [0, 0.1) is 12.9 Å². The molecule has 0 aliphatic carbocycles. The van der Waals surface area contributed by atoms with Crippen molar-refractivity contribution in [3.63, 3.8) is 0 Å². The standard InChI is InChI=1S/C31H27FN8O5/c1-5-39-27-22(30(43)40(39)21-11-9-18(10-12-21)25-17(2)45-38(4)31(25)44)16-23(32)34-26(27)29(42)33-20-8-6-7-19(15-20)28(41)35-24-13-14-37(3)36-24/h6-16H,5H2,1-4H3,(H,33,42)(H,35,36,41). The number of nitrogens with zero attached hydrogens (tertiary/aromatic N) is 6. The Bertz CT molecular complexity index is 2240. The number of benzene rings is 2. The van der Waals surface area contributed by atoms with Crippen molar-refractivity contribution in [1.29, 1.82) is 0 Å². The maximum atomic E-state index is 14.8. The molecule has 0 radical (unpaired) electrons. The van der Waals surface area contributed by atoms with Gasteiger partial charge < -0.3 is 15.2 Å². The van der Waals surface area contributed by atoms with Crippen LogP contribution in [0.3, 0.4) is 0 Å². The summed E-state index contributed by atoms with van der Waals surface area (Å²) >= 11 is 0. The third-order valence-corrected chi connectivity index (χ3v) is 7.26. The Labute approximate surface area is 254 Å². The van der Waals surface area contributed by atoms with Gasteiger partial charge in [0.25, 0.3) is 22.9 Å². The summed E-state index contributed by atoms with van der Waals surface area (Å²) in [7, 11) is 3.24. The smallest absolute Gasteiger partial charge is 0.290 e. The predicted molar refractivity (Wildman–Crippen MR) is 164 cm³/mol. The second-order valence-electron chi connectivity index (χ2n) is 10.3. The van der Waals surface area contributed by atoms with Crippen LogP contribution in [0.25, 0.3) is 27.7 Å². The Kier molecular flexibility index (Phi) is 7.24. The van der Waals surface area contributed by atoms with Crippen molar-refractivity contribution < 1.29 is 18.5 Å². The van der Waals surface area contributed by atoms with Gasteiger partial charge in [-0.05, 0) is 49.7 Å². The number of halogens is 1. The van der Waals surface area contributed by atoms with Gasteiger partial charge in [0.1, 0.15) is 11.3 Å². The summed E-state index contributed by atoms with van der Waals surface area (Å²) in [6.45, 7) is 3.70. The lowest BCUT2D eigenvalue weighted by Gasteiger charge is -2.13. The third-order valence-electron chi connectivity index (χ3n) is 7.26. The first-order chi connectivity index (χ1) is 21.5. The first-order valence-electron chi connectivity index (χ1n) is 13.9. The predicted octanol–water partition coefficient (Wildman–Crippen LogP) is 3.85. The number of amides is 2. The lowest BCUT2D eigenvalue weighted by Crippen LogP contribution is -2.21. The Morgan fingerprint density at radius 2 is 1.71 bits per heavy atom. The number of aromatic nitrogens is 6. The lowest BCUT2D eigenvalue weighted by molar-refractivity contribution is 0.101. The molecule has 14 heteroatoms. The van der Waals surface area contributed by atoms with Crippen molar-refractivity contribution in [3.05, 3.63) is 111 Å². The Morgan fingerprint density at radius 3 is 2.36 bits per heavy atom. The number of anilines is 2. The molecule has 2 aromatic carbocycles. The monoisotopic (exact) mass is 610 g/mol. The molecule has 0 aliphatic rings. The molecule has 6 aromatic rings. The van der Waals surface area contributed by atoms with Gasteiger partial charge in [0, 0.05) is 50.2 Å². The molecule has 0 fully saturated rings. The lowest BCUT2D eigenvalue weighted by atomic mass is 10.1. The molecule has 2 amide bonds. The molecule has 4 heterocycles. The van der Waals surface area contributed by atoms with Crippen LogP contribution in [0.4, 0.5) is 15.9 Å². The van der Waals surface area contributed by atoms with E-state index in [0.717, 1.165) is 10.8 Å². The SMILES string of the molecule is CCn1c2c(C(=O)Nc3cccc(C(=O)Nc4ccn(C)n4)c3)nc(F)cc2c(=O)n1-c1ccc(-c2c(C)on(C)c2=O)cc1. The van der Waals surface area contributed by atoms with Crippen LogP contribution in [0.2, 0.25) is 0 Å². The minimum Gasteiger partial charge on any atom is -0.381 e. The van der Waals surface area contributed by atoms with Crippen molar-refractivity contribution in [3.8, 4) is 16.8 Å². The fourth-order valence-electron chi connectivity index (χ4n) is 5.26. The van der Waals surface area contributed by atoms with Gasteiger partial charge in [0.05, 0.1) is 16.6 Å². The van der Waals surface area contributed by atoms with Crippen LogP contribution >= 0.6 is 0 Å². The molecular weight excluding hydrogens is 583 g/mol. The Morgan fingerprint density at radius 1 is 0.956 bits per heavy atom. The Balaban J connectivity index is 1.35. The quantitative estimate of drug-likeness (QED) is 0.261. The molecule has 6 rings (SSSR count). The molecule has 4 aromatic heterocycles. The van der Waals surface area contributed by atoms with Crippen molar-refractivity contribution in [2.45, 2.75) is 20.4 Å². The van der Waals surface area contributed by atoms with E-state index in [4.69, 9.17) is 4.52 Å². The summed E-state index contributed by atoms with van der Waals surface area (Å²) in [5, 5.41) is 9.42. The van der Waals surface area contributed by atoms with E-state index in [0.29, 0.717) is 28.4 Å². The van der Waals surface area contributed by atoms with Crippen LogP contribution < -0.4 is 21.8 Å². The molecule has 13 nitrogen and oxygen atoms in total. The highest BCUT2D eigenvalue weighted by Crippen LogP contribution is 2.24. The van der Waals surface area contributed by atoms with E-state index in [1.165, 1.54) is 22.5 Å². The van der Waals surface area contributed by atoms with Crippen molar-refractivity contribution >= 4 is 34.2 Å². The molecule has 0 atom stereocenters. The number of carbonyl (C=O) groups is 2.